The Morgan fingerprint density at radius 3 is 2.73 bits per heavy atom. The molecule has 2 aromatic carbocycles. The van der Waals surface area contributed by atoms with Crippen LogP contribution in [0, 0.1) is 0 Å². The van der Waals surface area contributed by atoms with Gasteiger partial charge < -0.3 is 4.42 Å². The third kappa shape index (κ3) is 3.41. The van der Waals surface area contributed by atoms with E-state index in [-0.39, 0.29) is 5.91 Å². The summed E-state index contributed by atoms with van der Waals surface area (Å²) in [6.45, 7) is 2.36. The summed E-state index contributed by atoms with van der Waals surface area (Å²) in [6.07, 6.45) is 0. The highest BCUT2D eigenvalue weighted by molar-refractivity contribution is 8.15. The van der Waals surface area contributed by atoms with Crippen LogP contribution in [0.25, 0.3) is 11.0 Å². The molecule has 2 heterocycles. The van der Waals surface area contributed by atoms with Crippen LogP contribution >= 0.6 is 11.8 Å². The molecular weight excluding hydrogens is 346 g/mol. The molecule has 1 saturated heterocycles. The Hall–Kier alpha value is -2.86. The van der Waals surface area contributed by atoms with Gasteiger partial charge in [0.1, 0.15) is 11.3 Å². The van der Waals surface area contributed by atoms with Gasteiger partial charge in [0, 0.05) is 5.39 Å². The lowest BCUT2D eigenvalue weighted by molar-refractivity contribution is -0.124. The molecule has 0 atom stereocenters. The Kier molecular flexibility index (Phi) is 4.58. The number of thioether (sulfide) groups is 1. The maximum atomic E-state index is 12.2. The van der Waals surface area contributed by atoms with E-state index in [0.29, 0.717) is 28.9 Å². The molecule has 0 spiro atoms. The maximum Gasteiger partial charge on any atom is 0.239 e. The van der Waals surface area contributed by atoms with Crippen molar-refractivity contribution in [3.8, 4) is 0 Å². The largest absolute Gasteiger partial charge is 0.455 e. The number of amidine groups is 1. The van der Waals surface area contributed by atoms with E-state index in [1.165, 1.54) is 11.8 Å². The molecule has 0 unspecified atom stereocenters. The summed E-state index contributed by atoms with van der Waals surface area (Å²) in [5.74, 6) is 1.12. The number of amides is 1. The van der Waals surface area contributed by atoms with E-state index in [1.807, 2.05) is 67.6 Å². The van der Waals surface area contributed by atoms with Crippen LogP contribution < -0.4 is 0 Å². The Labute approximate surface area is 155 Å². The molecule has 0 aliphatic carbocycles. The monoisotopic (exact) mass is 363 g/mol. The molecule has 1 aliphatic rings. The van der Waals surface area contributed by atoms with E-state index < -0.39 is 0 Å². The Morgan fingerprint density at radius 2 is 1.92 bits per heavy atom. The summed E-state index contributed by atoms with van der Waals surface area (Å²) in [7, 11) is 0. The number of furan rings is 1. The van der Waals surface area contributed by atoms with Gasteiger partial charge in [0.15, 0.2) is 10.9 Å². The second-order valence-electron chi connectivity index (χ2n) is 5.97. The van der Waals surface area contributed by atoms with Gasteiger partial charge in [-0.1, -0.05) is 60.3 Å². The number of para-hydroxylation sites is 1. The van der Waals surface area contributed by atoms with Gasteiger partial charge in [0.25, 0.3) is 0 Å². The lowest BCUT2D eigenvalue weighted by atomic mass is 10.2. The van der Waals surface area contributed by atoms with Gasteiger partial charge in [0.2, 0.25) is 5.91 Å². The summed E-state index contributed by atoms with van der Waals surface area (Å²) >= 11 is 1.41. The minimum absolute atomic E-state index is 0.0502. The summed E-state index contributed by atoms with van der Waals surface area (Å²) in [5, 5.41) is 10.3. The minimum atomic E-state index is 0.0502. The average molecular weight is 363 g/mol. The number of benzene rings is 2. The highest BCUT2D eigenvalue weighted by atomic mass is 32.2. The predicted octanol–water partition coefficient (Wildman–Crippen LogP) is 4.29. The summed E-state index contributed by atoms with van der Waals surface area (Å²) in [4.78, 5) is 13.9. The molecule has 0 bridgehead atoms. The van der Waals surface area contributed by atoms with Crippen LogP contribution in [0.3, 0.4) is 0 Å². The Bertz CT molecular complexity index is 975. The van der Waals surface area contributed by atoms with Gasteiger partial charge in [0.05, 0.1) is 12.3 Å². The molecule has 1 aliphatic heterocycles. The first-order valence-electron chi connectivity index (χ1n) is 8.29. The fraction of sp³-hybridized carbons (Fsp3) is 0.150. The fourth-order valence-corrected chi connectivity index (χ4v) is 3.55. The second-order valence-corrected chi connectivity index (χ2v) is 6.91. The molecule has 4 rings (SSSR count). The molecule has 3 aromatic rings. The van der Waals surface area contributed by atoms with Crippen LogP contribution in [0.4, 0.5) is 0 Å². The van der Waals surface area contributed by atoms with Gasteiger partial charge in [-0.15, -0.1) is 10.2 Å². The van der Waals surface area contributed by atoms with E-state index in [0.717, 1.165) is 16.5 Å². The molecule has 130 valence electrons. The lowest BCUT2D eigenvalue weighted by Gasteiger charge is -2.15. The zero-order valence-electron chi connectivity index (χ0n) is 14.3. The van der Waals surface area contributed by atoms with E-state index in [4.69, 9.17) is 4.42 Å². The van der Waals surface area contributed by atoms with E-state index in [9.17, 15) is 4.79 Å². The first-order valence-corrected chi connectivity index (χ1v) is 9.27. The molecule has 1 amide bonds. The van der Waals surface area contributed by atoms with Crippen molar-refractivity contribution < 1.29 is 9.21 Å². The SMILES string of the molecule is C/C(=N\N=C1/SCC(=O)N1Cc1ccccc1)c1cc2ccccc2o1. The molecule has 1 aromatic heterocycles. The number of hydrogen-bond donors (Lipinski definition) is 0. The second kappa shape index (κ2) is 7.17. The molecule has 26 heavy (non-hydrogen) atoms. The van der Waals surface area contributed by atoms with E-state index >= 15 is 0 Å². The Balaban J connectivity index is 1.57. The van der Waals surface area contributed by atoms with Crippen LogP contribution in [-0.4, -0.2) is 27.4 Å². The topological polar surface area (TPSA) is 58.2 Å². The van der Waals surface area contributed by atoms with Crippen molar-refractivity contribution in [1.82, 2.24) is 4.90 Å². The third-order valence-corrected chi connectivity index (χ3v) is 5.06. The normalized spacial score (nSPS) is 16.8. The van der Waals surface area contributed by atoms with Crippen molar-refractivity contribution in [3.63, 3.8) is 0 Å². The minimum Gasteiger partial charge on any atom is -0.455 e. The quantitative estimate of drug-likeness (QED) is 0.513. The van der Waals surface area contributed by atoms with Gasteiger partial charge in [-0.25, -0.2) is 0 Å². The lowest BCUT2D eigenvalue weighted by Crippen LogP contribution is -2.28. The van der Waals surface area contributed by atoms with Crippen molar-refractivity contribution in [3.05, 3.63) is 72.0 Å². The van der Waals surface area contributed by atoms with Gasteiger partial charge >= 0.3 is 0 Å². The number of fused-ring (bicyclic) bond motifs is 1. The van der Waals surface area contributed by atoms with Crippen molar-refractivity contribution >= 4 is 39.5 Å². The molecule has 0 N–H and O–H groups in total. The summed E-state index contributed by atoms with van der Waals surface area (Å²) < 4.78 is 5.80. The fourth-order valence-electron chi connectivity index (χ4n) is 2.72. The zero-order chi connectivity index (χ0) is 17.9. The first kappa shape index (κ1) is 16.6. The molecule has 6 heteroatoms. The van der Waals surface area contributed by atoms with Crippen LogP contribution in [0.2, 0.25) is 0 Å². The predicted molar refractivity (Wildman–Crippen MR) is 105 cm³/mol. The summed E-state index contributed by atoms with van der Waals surface area (Å²) in [6, 6.07) is 19.6. The highest BCUT2D eigenvalue weighted by Crippen LogP contribution is 2.23. The van der Waals surface area contributed by atoms with Gasteiger partial charge in [-0.05, 0) is 24.6 Å². The number of nitrogens with zero attached hydrogens (tertiary/aromatic N) is 3. The standard InChI is InChI=1S/C20H17N3O2S/c1-14(18-11-16-9-5-6-10-17(16)25-18)21-22-20-23(19(24)13-26-20)12-15-7-3-2-4-8-15/h2-11H,12-13H2,1H3/b21-14+,22-20-. The van der Waals surface area contributed by atoms with Crippen molar-refractivity contribution in [2.45, 2.75) is 13.5 Å². The summed E-state index contributed by atoms with van der Waals surface area (Å²) in [5.41, 5.74) is 2.56. The number of carbonyl (C=O) groups excluding carboxylic acids is 1. The average Bonchev–Trinajstić information content (AvgIpc) is 3.25. The van der Waals surface area contributed by atoms with Gasteiger partial charge in [-0.3, -0.25) is 9.69 Å². The number of rotatable bonds is 4. The molecular formula is C20H17N3O2S. The zero-order valence-corrected chi connectivity index (χ0v) is 15.1. The van der Waals surface area contributed by atoms with Crippen molar-refractivity contribution in [1.29, 1.82) is 0 Å². The smallest absolute Gasteiger partial charge is 0.239 e. The van der Waals surface area contributed by atoms with Crippen LogP contribution in [-0.2, 0) is 11.3 Å². The first-order chi connectivity index (χ1) is 12.7. The van der Waals surface area contributed by atoms with E-state index in [2.05, 4.69) is 10.2 Å². The van der Waals surface area contributed by atoms with Crippen LogP contribution in [0.5, 0.6) is 0 Å². The maximum absolute atomic E-state index is 12.2. The Morgan fingerprint density at radius 1 is 1.15 bits per heavy atom. The molecule has 0 radical (unpaired) electrons. The van der Waals surface area contributed by atoms with Crippen molar-refractivity contribution in [2.24, 2.45) is 10.2 Å². The highest BCUT2D eigenvalue weighted by Gasteiger charge is 2.28. The van der Waals surface area contributed by atoms with E-state index in [1.54, 1.807) is 4.90 Å². The van der Waals surface area contributed by atoms with Crippen LogP contribution in [0.1, 0.15) is 18.2 Å². The third-order valence-electron chi connectivity index (χ3n) is 4.11. The van der Waals surface area contributed by atoms with Crippen LogP contribution in [0.15, 0.2) is 75.3 Å². The number of carbonyl (C=O) groups is 1. The molecule has 5 nitrogen and oxygen atoms in total. The molecule has 0 saturated carbocycles. The number of hydrogen-bond acceptors (Lipinski definition) is 5. The van der Waals surface area contributed by atoms with Gasteiger partial charge in [-0.2, -0.15) is 0 Å². The van der Waals surface area contributed by atoms with Crippen molar-refractivity contribution in [2.75, 3.05) is 5.75 Å². The molecule has 1 fully saturated rings.